The number of unbranched alkanes of at least 4 members (excludes halogenated alkanes) is 1. The maximum absolute atomic E-state index is 11.6. The summed E-state index contributed by atoms with van der Waals surface area (Å²) >= 11 is 14.1. The van der Waals surface area contributed by atoms with Crippen LogP contribution in [0.25, 0.3) is 11.1 Å². The highest BCUT2D eigenvalue weighted by Gasteiger charge is 2.11. The number of hydrogen-bond acceptors (Lipinski definition) is 5. The van der Waals surface area contributed by atoms with Crippen molar-refractivity contribution in [3.63, 3.8) is 0 Å². The molecular weight excluding hydrogens is 417 g/mol. The van der Waals surface area contributed by atoms with Gasteiger partial charge in [-0.3, -0.25) is 9.52 Å². The van der Waals surface area contributed by atoms with Crippen LogP contribution in [0.15, 0.2) is 36.4 Å². The number of ether oxygens (including phenoxy) is 2. The van der Waals surface area contributed by atoms with Crippen LogP contribution in [0.5, 0.6) is 11.5 Å². The van der Waals surface area contributed by atoms with Gasteiger partial charge in [-0.25, -0.2) is 0 Å². The third-order valence-corrected chi connectivity index (χ3v) is 4.99. The summed E-state index contributed by atoms with van der Waals surface area (Å²) in [5.41, 5.74) is 1.87. The van der Waals surface area contributed by atoms with E-state index in [9.17, 15) is 4.79 Å². The van der Waals surface area contributed by atoms with E-state index in [1.807, 2.05) is 42.7 Å². The zero-order chi connectivity index (χ0) is 20.4. The summed E-state index contributed by atoms with van der Waals surface area (Å²) in [6.45, 7) is 3.40. The van der Waals surface area contributed by atoms with Gasteiger partial charge in [0.05, 0.1) is 29.8 Å². The Morgan fingerprint density at radius 1 is 1.04 bits per heavy atom. The van der Waals surface area contributed by atoms with Crippen LogP contribution in [-0.4, -0.2) is 31.8 Å². The van der Waals surface area contributed by atoms with Crippen molar-refractivity contribution < 1.29 is 14.3 Å². The Kier molecular flexibility index (Phi) is 9.99. The van der Waals surface area contributed by atoms with Crippen molar-refractivity contribution in [3.8, 4) is 22.6 Å². The van der Waals surface area contributed by atoms with Crippen molar-refractivity contribution in [2.45, 2.75) is 26.2 Å². The molecule has 28 heavy (non-hydrogen) atoms. The van der Waals surface area contributed by atoms with Gasteiger partial charge in [-0.2, -0.15) is 0 Å². The number of hydrogen-bond donors (Lipinski definition) is 1. The minimum atomic E-state index is 0.122. The van der Waals surface area contributed by atoms with Crippen molar-refractivity contribution in [1.29, 1.82) is 0 Å². The zero-order valence-corrected chi connectivity index (χ0v) is 18.4. The Hall–Kier alpha value is -1.40. The van der Waals surface area contributed by atoms with Crippen LogP contribution in [0.2, 0.25) is 10.0 Å². The van der Waals surface area contributed by atoms with E-state index in [2.05, 4.69) is 11.6 Å². The van der Waals surface area contributed by atoms with E-state index >= 15 is 0 Å². The number of rotatable bonds is 12. The van der Waals surface area contributed by atoms with Crippen molar-refractivity contribution in [3.05, 3.63) is 46.4 Å². The fourth-order valence-corrected chi connectivity index (χ4v) is 3.35. The van der Waals surface area contributed by atoms with Crippen LogP contribution >= 0.6 is 35.1 Å². The predicted octanol–water partition coefficient (Wildman–Crippen LogP) is 6.04. The van der Waals surface area contributed by atoms with E-state index < -0.39 is 0 Å². The number of benzene rings is 2. The summed E-state index contributed by atoms with van der Waals surface area (Å²) in [4.78, 5) is 11.6. The van der Waals surface area contributed by atoms with Crippen LogP contribution in [0.1, 0.15) is 26.2 Å². The second kappa shape index (κ2) is 12.2. The highest BCUT2D eigenvalue weighted by molar-refractivity contribution is 7.96. The van der Waals surface area contributed by atoms with Gasteiger partial charge in [-0.1, -0.05) is 60.6 Å². The van der Waals surface area contributed by atoms with Gasteiger partial charge >= 0.3 is 0 Å². The van der Waals surface area contributed by atoms with Gasteiger partial charge in [-0.05, 0) is 48.1 Å². The highest BCUT2D eigenvalue weighted by Crippen LogP contribution is 2.38. The average molecular weight is 442 g/mol. The Balaban J connectivity index is 1.96. The Labute approximate surface area is 181 Å². The predicted molar refractivity (Wildman–Crippen MR) is 119 cm³/mol. The summed E-state index contributed by atoms with van der Waals surface area (Å²) in [5.74, 6) is 1.36. The lowest BCUT2D eigenvalue weighted by Gasteiger charge is -2.12. The molecule has 2 aromatic carbocycles. The minimum Gasteiger partial charge on any atom is -0.493 e. The number of halogens is 2. The number of nitrogens with one attached hydrogen (secondary N) is 1. The zero-order valence-electron chi connectivity index (χ0n) is 16.1. The molecule has 152 valence electrons. The molecular formula is C21H25Cl2NO3S. The molecule has 0 unspecified atom stereocenters. The lowest BCUT2D eigenvalue weighted by molar-refractivity contribution is -0.118. The fraction of sp³-hybridized carbons (Fsp3) is 0.381. The molecule has 0 radical (unpaired) electrons. The van der Waals surface area contributed by atoms with E-state index in [4.69, 9.17) is 32.7 Å². The van der Waals surface area contributed by atoms with E-state index in [1.165, 1.54) is 11.9 Å². The van der Waals surface area contributed by atoms with E-state index in [0.717, 1.165) is 24.0 Å². The molecule has 0 atom stereocenters. The Morgan fingerprint density at radius 2 is 1.71 bits per heavy atom. The van der Waals surface area contributed by atoms with E-state index in [0.29, 0.717) is 47.7 Å². The summed E-state index contributed by atoms with van der Waals surface area (Å²) in [7, 11) is 0. The quantitative estimate of drug-likeness (QED) is 0.321. The van der Waals surface area contributed by atoms with Crippen molar-refractivity contribution in [2.24, 2.45) is 0 Å². The Bertz CT molecular complexity index is 746. The van der Waals surface area contributed by atoms with Crippen LogP contribution in [0, 0.1) is 0 Å². The first-order valence-corrected chi connectivity index (χ1v) is 11.2. The lowest BCUT2D eigenvalue weighted by atomic mass is 10.1. The molecule has 0 heterocycles. The molecule has 0 saturated heterocycles. The minimum absolute atomic E-state index is 0.122. The van der Waals surface area contributed by atoms with Gasteiger partial charge in [-0.15, -0.1) is 0 Å². The third-order valence-electron chi connectivity index (χ3n) is 3.99. The number of Topliss-reactive ketones (excluding diaryl/α,β-unsaturated/α-hetero) is 1. The summed E-state index contributed by atoms with van der Waals surface area (Å²) < 4.78 is 14.3. The second-order valence-electron chi connectivity index (χ2n) is 6.16. The molecule has 0 saturated carbocycles. The van der Waals surface area contributed by atoms with Gasteiger partial charge in [0.25, 0.3) is 0 Å². The summed E-state index contributed by atoms with van der Waals surface area (Å²) in [6.07, 6.45) is 4.26. The van der Waals surface area contributed by atoms with Crippen molar-refractivity contribution >= 4 is 40.9 Å². The molecule has 0 aliphatic rings. The van der Waals surface area contributed by atoms with Crippen LogP contribution < -0.4 is 14.2 Å². The molecule has 0 spiro atoms. The highest BCUT2D eigenvalue weighted by atomic mass is 35.5. The monoisotopic (exact) mass is 441 g/mol. The topological polar surface area (TPSA) is 47.6 Å². The molecule has 0 aliphatic heterocycles. The molecule has 1 N–H and O–H groups in total. The molecule has 0 amide bonds. The van der Waals surface area contributed by atoms with Crippen LogP contribution in [0.3, 0.4) is 0 Å². The SMILES string of the molecule is CCCCOc1c(Cl)cc(-c2ccc(OCCC(=O)CNSC)cc2)cc1Cl. The van der Waals surface area contributed by atoms with Gasteiger partial charge < -0.3 is 9.47 Å². The van der Waals surface area contributed by atoms with Crippen molar-refractivity contribution in [2.75, 3.05) is 26.0 Å². The maximum atomic E-state index is 11.6. The molecule has 0 aliphatic carbocycles. The smallest absolute Gasteiger partial charge is 0.156 e. The Morgan fingerprint density at radius 3 is 2.32 bits per heavy atom. The third kappa shape index (κ3) is 7.21. The number of carbonyl (C=O) groups excluding carboxylic acids is 1. The second-order valence-corrected chi connectivity index (χ2v) is 7.67. The molecule has 2 rings (SSSR count). The van der Waals surface area contributed by atoms with Crippen molar-refractivity contribution in [1.82, 2.24) is 4.72 Å². The first kappa shape index (κ1) is 22.9. The standard InChI is InChI=1S/C21H25Cl2NO3S/c1-3-4-10-27-21-19(22)12-16(13-20(21)23)15-5-7-18(8-6-15)26-11-9-17(25)14-24-28-2/h5-8,12-13,24H,3-4,9-11,14H2,1-2H3. The average Bonchev–Trinajstić information content (AvgIpc) is 2.69. The lowest BCUT2D eigenvalue weighted by Crippen LogP contribution is -2.18. The molecule has 0 aromatic heterocycles. The van der Waals surface area contributed by atoms with Gasteiger partial charge in [0.1, 0.15) is 5.75 Å². The number of carbonyl (C=O) groups is 1. The fourth-order valence-electron chi connectivity index (χ4n) is 2.45. The first-order valence-electron chi connectivity index (χ1n) is 9.17. The van der Waals surface area contributed by atoms with Crippen LogP contribution in [0.4, 0.5) is 0 Å². The molecule has 0 fully saturated rings. The molecule has 4 nitrogen and oxygen atoms in total. The maximum Gasteiger partial charge on any atom is 0.156 e. The van der Waals surface area contributed by atoms with Gasteiger partial charge in [0, 0.05) is 6.42 Å². The molecule has 2 aromatic rings. The molecule has 7 heteroatoms. The van der Waals surface area contributed by atoms with E-state index in [1.54, 1.807) is 0 Å². The van der Waals surface area contributed by atoms with E-state index in [-0.39, 0.29) is 5.78 Å². The molecule has 0 bridgehead atoms. The van der Waals surface area contributed by atoms with Gasteiger partial charge in [0.2, 0.25) is 0 Å². The summed E-state index contributed by atoms with van der Waals surface area (Å²) in [5, 5.41) is 0.993. The van der Waals surface area contributed by atoms with Gasteiger partial charge in [0.15, 0.2) is 11.5 Å². The first-order chi connectivity index (χ1) is 13.5. The largest absolute Gasteiger partial charge is 0.493 e. The normalized spacial score (nSPS) is 10.7. The number of ketones is 1. The van der Waals surface area contributed by atoms with Crippen LogP contribution in [-0.2, 0) is 4.79 Å². The summed E-state index contributed by atoms with van der Waals surface area (Å²) in [6, 6.07) is 11.3.